The Morgan fingerprint density at radius 1 is 0.893 bits per heavy atom. The van der Waals surface area contributed by atoms with Crippen LogP contribution in [0.15, 0.2) is 72.8 Å². The van der Waals surface area contributed by atoms with E-state index in [1.165, 1.54) is 0 Å². The van der Waals surface area contributed by atoms with Crippen LogP contribution in [0.25, 0.3) is 0 Å². The second kappa shape index (κ2) is 7.69. The smallest absolute Gasteiger partial charge is 0.258 e. The highest BCUT2D eigenvalue weighted by Crippen LogP contribution is 2.29. The minimum atomic E-state index is -0.139. The van der Waals surface area contributed by atoms with Crippen LogP contribution < -0.4 is 10.2 Å². The summed E-state index contributed by atoms with van der Waals surface area (Å²) in [5.41, 5.74) is 5.09. The van der Waals surface area contributed by atoms with E-state index in [2.05, 4.69) is 5.32 Å². The highest BCUT2D eigenvalue weighted by atomic mass is 16.2. The van der Waals surface area contributed by atoms with Crippen LogP contribution in [0.1, 0.15) is 38.3 Å². The lowest BCUT2D eigenvalue weighted by Gasteiger charge is -2.30. The zero-order chi connectivity index (χ0) is 19.5. The molecule has 3 aromatic carbocycles. The number of carbonyl (C=O) groups is 2. The largest absolute Gasteiger partial charge is 0.322 e. The molecule has 0 fully saturated rings. The molecule has 0 spiro atoms. The third-order valence-corrected chi connectivity index (χ3v) is 5.00. The summed E-state index contributed by atoms with van der Waals surface area (Å²) in [6, 6.07) is 22.6. The molecule has 1 aliphatic rings. The molecular formula is C24H22N2O2. The number of carbonyl (C=O) groups excluding carboxylic acids is 2. The number of hydrogen-bond donors (Lipinski definition) is 1. The van der Waals surface area contributed by atoms with Crippen LogP contribution in [-0.2, 0) is 6.42 Å². The van der Waals surface area contributed by atoms with Crippen LogP contribution in [0.3, 0.4) is 0 Å². The Hall–Kier alpha value is -3.40. The quantitative estimate of drug-likeness (QED) is 0.717. The number of nitrogens with one attached hydrogen (secondary N) is 1. The molecule has 140 valence electrons. The summed E-state index contributed by atoms with van der Waals surface area (Å²) < 4.78 is 0. The van der Waals surface area contributed by atoms with Crippen LogP contribution in [0.5, 0.6) is 0 Å². The van der Waals surface area contributed by atoms with Gasteiger partial charge in [0, 0.05) is 29.0 Å². The molecule has 28 heavy (non-hydrogen) atoms. The number of fused-ring (bicyclic) bond motifs is 1. The van der Waals surface area contributed by atoms with Crippen molar-refractivity contribution in [3.8, 4) is 0 Å². The maximum Gasteiger partial charge on any atom is 0.258 e. The monoisotopic (exact) mass is 370 g/mol. The van der Waals surface area contributed by atoms with Crippen molar-refractivity contribution in [3.63, 3.8) is 0 Å². The van der Waals surface area contributed by atoms with Gasteiger partial charge in [-0.25, -0.2) is 0 Å². The highest BCUT2D eigenvalue weighted by Gasteiger charge is 2.24. The maximum atomic E-state index is 12.9. The van der Waals surface area contributed by atoms with E-state index in [0.29, 0.717) is 17.7 Å². The average Bonchev–Trinajstić information content (AvgIpc) is 2.73. The van der Waals surface area contributed by atoms with E-state index in [4.69, 9.17) is 0 Å². The molecule has 1 heterocycles. The normalized spacial score (nSPS) is 13.0. The lowest BCUT2D eigenvalue weighted by atomic mass is 9.98. The van der Waals surface area contributed by atoms with Gasteiger partial charge in [0.15, 0.2) is 0 Å². The summed E-state index contributed by atoms with van der Waals surface area (Å²) in [6.45, 7) is 2.68. The molecule has 3 aromatic rings. The molecule has 1 N–H and O–H groups in total. The van der Waals surface area contributed by atoms with Gasteiger partial charge in [0.2, 0.25) is 0 Å². The first-order chi connectivity index (χ1) is 13.6. The molecule has 4 nitrogen and oxygen atoms in total. The third kappa shape index (κ3) is 3.67. The fraction of sp³-hybridized carbons (Fsp3) is 0.167. The predicted octanol–water partition coefficient (Wildman–Crippen LogP) is 4.84. The Morgan fingerprint density at radius 2 is 1.71 bits per heavy atom. The van der Waals surface area contributed by atoms with Crippen molar-refractivity contribution in [2.45, 2.75) is 19.8 Å². The standard InChI is InChI=1S/C24H22N2O2/c1-17-7-5-11-21(15-17)25-23(27)20-12-13-22-19(16-20)10-6-14-26(22)24(28)18-8-3-2-4-9-18/h2-5,7-9,11-13,15-16H,6,10,14H2,1H3,(H,25,27). The van der Waals surface area contributed by atoms with Gasteiger partial charge >= 0.3 is 0 Å². The second-order valence-corrected chi connectivity index (χ2v) is 7.09. The van der Waals surface area contributed by atoms with E-state index in [0.717, 1.165) is 35.3 Å². The summed E-state index contributed by atoms with van der Waals surface area (Å²) in [5.74, 6) is -0.140. The van der Waals surface area contributed by atoms with E-state index in [1.807, 2.05) is 78.6 Å². The van der Waals surface area contributed by atoms with E-state index in [1.54, 1.807) is 6.07 Å². The number of amides is 2. The summed E-state index contributed by atoms with van der Waals surface area (Å²) in [6.07, 6.45) is 1.74. The molecule has 0 unspecified atom stereocenters. The number of nitrogens with zero attached hydrogens (tertiary/aromatic N) is 1. The van der Waals surface area contributed by atoms with E-state index in [9.17, 15) is 9.59 Å². The van der Waals surface area contributed by atoms with Crippen molar-refractivity contribution >= 4 is 23.2 Å². The van der Waals surface area contributed by atoms with E-state index >= 15 is 0 Å². The predicted molar refractivity (Wildman–Crippen MR) is 112 cm³/mol. The molecule has 0 aromatic heterocycles. The minimum Gasteiger partial charge on any atom is -0.322 e. The zero-order valence-electron chi connectivity index (χ0n) is 15.8. The van der Waals surface area contributed by atoms with Gasteiger partial charge in [0.05, 0.1) is 0 Å². The van der Waals surface area contributed by atoms with Gasteiger partial charge in [0.25, 0.3) is 11.8 Å². The van der Waals surface area contributed by atoms with Gasteiger partial charge in [-0.1, -0.05) is 30.3 Å². The summed E-state index contributed by atoms with van der Waals surface area (Å²) in [5, 5.41) is 2.95. The first-order valence-corrected chi connectivity index (χ1v) is 9.50. The Kier molecular flexibility index (Phi) is 4.94. The Balaban J connectivity index is 1.58. The van der Waals surface area contributed by atoms with Crippen LogP contribution >= 0.6 is 0 Å². The van der Waals surface area contributed by atoms with Crippen LogP contribution in [0.2, 0.25) is 0 Å². The third-order valence-electron chi connectivity index (χ3n) is 5.00. The minimum absolute atomic E-state index is 0.00138. The molecule has 4 rings (SSSR count). The fourth-order valence-electron chi connectivity index (χ4n) is 3.61. The molecule has 1 aliphatic heterocycles. The van der Waals surface area contributed by atoms with E-state index < -0.39 is 0 Å². The van der Waals surface area contributed by atoms with Gasteiger partial charge in [0.1, 0.15) is 0 Å². The van der Waals surface area contributed by atoms with E-state index in [-0.39, 0.29) is 11.8 Å². The molecule has 2 amide bonds. The first kappa shape index (κ1) is 18.0. The number of aryl methyl sites for hydroxylation is 2. The van der Waals surface area contributed by atoms with Crippen LogP contribution in [0.4, 0.5) is 11.4 Å². The van der Waals surface area contributed by atoms with Gasteiger partial charge in [-0.2, -0.15) is 0 Å². The van der Waals surface area contributed by atoms with Crippen molar-refractivity contribution in [2.24, 2.45) is 0 Å². The van der Waals surface area contributed by atoms with Gasteiger partial charge < -0.3 is 10.2 Å². The topological polar surface area (TPSA) is 49.4 Å². The number of rotatable bonds is 3. The molecule has 0 radical (unpaired) electrons. The SMILES string of the molecule is Cc1cccc(NC(=O)c2ccc3c(c2)CCCN3C(=O)c2ccccc2)c1. The van der Waals surface area contributed by atoms with Gasteiger partial charge in [-0.05, 0) is 73.4 Å². The molecule has 4 heteroatoms. The lowest BCUT2D eigenvalue weighted by molar-refractivity contribution is 0.0984. The van der Waals surface area contributed by atoms with Crippen molar-refractivity contribution in [2.75, 3.05) is 16.8 Å². The van der Waals surface area contributed by atoms with Gasteiger partial charge in [-0.15, -0.1) is 0 Å². The van der Waals surface area contributed by atoms with Crippen LogP contribution in [-0.4, -0.2) is 18.4 Å². The fourth-order valence-corrected chi connectivity index (χ4v) is 3.61. The summed E-state index contributed by atoms with van der Waals surface area (Å²) >= 11 is 0. The zero-order valence-corrected chi connectivity index (χ0v) is 15.8. The number of hydrogen-bond acceptors (Lipinski definition) is 2. The molecular weight excluding hydrogens is 348 g/mol. The molecule has 0 atom stereocenters. The van der Waals surface area contributed by atoms with Crippen molar-refractivity contribution in [3.05, 3.63) is 95.1 Å². The van der Waals surface area contributed by atoms with Crippen molar-refractivity contribution in [1.29, 1.82) is 0 Å². The highest BCUT2D eigenvalue weighted by molar-refractivity contribution is 6.08. The molecule has 0 saturated heterocycles. The Bertz CT molecular complexity index is 1030. The number of benzene rings is 3. The van der Waals surface area contributed by atoms with Gasteiger partial charge in [-0.3, -0.25) is 9.59 Å². The summed E-state index contributed by atoms with van der Waals surface area (Å²) in [4.78, 5) is 27.4. The average molecular weight is 370 g/mol. The molecule has 0 saturated carbocycles. The Morgan fingerprint density at radius 3 is 2.50 bits per heavy atom. The number of anilines is 2. The maximum absolute atomic E-state index is 12.9. The Labute approximate surface area is 164 Å². The van der Waals surface area contributed by atoms with Crippen molar-refractivity contribution < 1.29 is 9.59 Å². The first-order valence-electron chi connectivity index (χ1n) is 9.50. The molecule has 0 bridgehead atoms. The lowest BCUT2D eigenvalue weighted by Crippen LogP contribution is -2.35. The summed E-state index contributed by atoms with van der Waals surface area (Å²) in [7, 11) is 0. The second-order valence-electron chi connectivity index (χ2n) is 7.09. The van der Waals surface area contributed by atoms with Crippen LogP contribution in [0, 0.1) is 6.92 Å². The van der Waals surface area contributed by atoms with Crippen molar-refractivity contribution in [1.82, 2.24) is 0 Å². The molecule has 0 aliphatic carbocycles.